The van der Waals surface area contributed by atoms with Gasteiger partial charge in [-0.2, -0.15) is 0 Å². The van der Waals surface area contributed by atoms with Crippen LogP contribution in [0, 0.1) is 5.92 Å². The van der Waals surface area contributed by atoms with Crippen molar-refractivity contribution in [2.75, 3.05) is 0 Å². The van der Waals surface area contributed by atoms with Gasteiger partial charge in [0.1, 0.15) is 0 Å². The number of benzene rings is 1. The highest BCUT2D eigenvalue weighted by Gasteiger charge is 2.05. The first-order chi connectivity index (χ1) is 6.45. The lowest BCUT2D eigenvalue weighted by atomic mass is 9.93. The molecule has 0 heterocycles. The molecule has 66 valence electrons. The maximum atomic E-state index is 2.30. The lowest BCUT2D eigenvalue weighted by molar-refractivity contribution is 0.653. The Morgan fingerprint density at radius 3 is 2.62 bits per heavy atom. The van der Waals surface area contributed by atoms with Gasteiger partial charge in [0.05, 0.1) is 0 Å². The highest BCUT2D eigenvalue weighted by atomic mass is 14.1. The molecule has 0 N–H and O–H groups in total. The molecule has 1 aromatic carbocycles. The zero-order valence-electron chi connectivity index (χ0n) is 7.69. The third kappa shape index (κ3) is 2.32. The molecule has 0 heteroatoms. The van der Waals surface area contributed by atoms with Gasteiger partial charge in [-0.25, -0.2) is 0 Å². The maximum absolute atomic E-state index is 2.30. The fourth-order valence-electron chi connectivity index (χ4n) is 1.70. The van der Waals surface area contributed by atoms with Crippen molar-refractivity contribution in [3.8, 4) is 0 Å². The van der Waals surface area contributed by atoms with Crippen molar-refractivity contribution in [1.82, 2.24) is 0 Å². The van der Waals surface area contributed by atoms with Gasteiger partial charge in [-0.1, -0.05) is 54.6 Å². The maximum Gasteiger partial charge on any atom is -0.0155 e. The summed E-state index contributed by atoms with van der Waals surface area (Å²) in [5.74, 6) is 0.701. The number of hydrogen-bond acceptors (Lipinski definition) is 0. The summed E-state index contributed by atoms with van der Waals surface area (Å²) in [6, 6.07) is 10.7. The van der Waals surface area contributed by atoms with Crippen LogP contribution >= 0.6 is 0 Å². The predicted molar refractivity (Wildman–Crippen MR) is 56.5 cm³/mol. The monoisotopic (exact) mass is 170 g/mol. The molecule has 0 bridgehead atoms. The average Bonchev–Trinajstić information content (AvgIpc) is 2.21. The van der Waals surface area contributed by atoms with Gasteiger partial charge in [-0.3, -0.25) is 0 Å². The first kappa shape index (κ1) is 8.31. The van der Waals surface area contributed by atoms with Crippen molar-refractivity contribution >= 4 is 0 Å². The third-order valence-corrected chi connectivity index (χ3v) is 2.41. The molecule has 0 unspecified atom stereocenters. The second kappa shape index (κ2) is 4.08. The Morgan fingerprint density at radius 1 is 1.08 bits per heavy atom. The highest BCUT2D eigenvalue weighted by Crippen LogP contribution is 2.16. The van der Waals surface area contributed by atoms with Gasteiger partial charge in [-0.05, 0) is 24.3 Å². The van der Waals surface area contributed by atoms with Gasteiger partial charge in [0, 0.05) is 0 Å². The Bertz CT molecular complexity index is 306. The van der Waals surface area contributed by atoms with Crippen LogP contribution in [-0.2, 0) is 6.42 Å². The van der Waals surface area contributed by atoms with E-state index in [1.165, 1.54) is 18.4 Å². The van der Waals surface area contributed by atoms with Crippen molar-refractivity contribution in [1.29, 1.82) is 0 Å². The Balaban J connectivity index is 1.99. The molecule has 1 aliphatic carbocycles. The Hall–Kier alpha value is -1.30. The fraction of sp³-hybridized carbons (Fsp3) is 0.231. The van der Waals surface area contributed by atoms with E-state index in [-0.39, 0.29) is 0 Å². The molecule has 1 atom stereocenters. The molecule has 1 aromatic rings. The number of allylic oxidation sites excluding steroid dienone is 4. The summed E-state index contributed by atoms with van der Waals surface area (Å²) < 4.78 is 0. The van der Waals surface area contributed by atoms with E-state index in [2.05, 4.69) is 54.6 Å². The first-order valence-corrected chi connectivity index (χ1v) is 4.82. The minimum atomic E-state index is 0.701. The van der Waals surface area contributed by atoms with E-state index in [0.29, 0.717) is 5.92 Å². The summed E-state index contributed by atoms with van der Waals surface area (Å²) in [4.78, 5) is 0. The van der Waals surface area contributed by atoms with Gasteiger partial charge >= 0.3 is 0 Å². The van der Waals surface area contributed by atoms with E-state index in [1.54, 1.807) is 0 Å². The zero-order valence-corrected chi connectivity index (χ0v) is 7.69. The SMILES string of the molecule is C1=CC[C@@H](Cc2ccccc2)C=C1. The Labute approximate surface area is 79.6 Å². The van der Waals surface area contributed by atoms with Crippen molar-refractivity contribution < 1.29 is 0 Å². The summed E-state index contributed by atoms with van der Waals surface area (Å²) in [5.41, 5.74) is 1.44. The van der Waals surface area contributed by atoms with Crippen LogP contribution in [0.1, 0.15) is 12.0 Å². The Kier molecular flexibility index (Phi) is 2.61. The van der Waals surface area contributed by atoms with Gasteiger partial charge in [0.15, 0.2) is 0 Å². The Morgan fingerprint density at radius 2 is 1.92 bits per heavy atom. The van der Waals surface area contributed by atoms with Crippen molar-refractivity contribution in [3.05, 3.63) is 60.2 Å². The lowest BCUT2D eigenvalue weighted by Crippen LogP contribution is -2.01. The van der Waals surface area contributed by atoms with Crippen LogP contribution < -0.4 is 0 Å². The van der Waals surface area contributed by atoms with Crippen LogP contribution in [0.25, 0.3) is 0 Å². The second-order valence-corrected chi connectivity index (χ2v) is 3.50. The van der Waals surface area contributed by atoms with Crippen LogP contribution in [0.15, 0.2) is 54.6 Å². The fourth-order valence-corrected chi connectivity index (χ4v) is 1.70. The molecule has 2 rings (SSSR count). The number of rotatable bonds is 2. The third-order valence-electron chi connectivity index (χ3n) is 2.41. The second-order valence-electron chi connectivity index (χ2n) is 3.50. The standard InChI is InChI=1S/C13H14/c1-3-7-12(8-4-1)11-13-9-5-2-6-10-13/h1-9,13H,10-11H2/t13-/m0/s1. The van der Waals surface area contributed by atoms with E-state index in [9.17, 15) is 0 Å². The van der Waals surface area contributed by atoms with Crippen molar-refractivity contribution in [3.63, 3.8) is 0 Å². The van der Waals surface area contributed by atoms with E-state index in [1.807, 2.05) is 0 Å². The lowest BCUT2D eigenvalue weighted by Gasteiger charge is -2.12. The van der Waals surface area contributed by atoms with Crippen LogP contribution in [-0.4, -0.2) is 0 Å². The quantitative estimate of drug-likeness (QED) is 0.638. The average molecular weight is 170 g/mol. The molecule has 0 saturated heterocycles. The summed E-state index contributed by atoms with van der Waals surface area (Å²) in [5, 5.41) is 0. The molecule has 0 aliphatic heterocycles. The summed E-state index contributed by atoms with van der Waals surface area (Å²) in [6.45, 7) is 0. The topological polar surface area (TPSA) is 0 Å². The molecule has 0 fully saturated rings. The predicted octanol–water partition coefficient (Wildman–Crippen LogP) is 3.36. The smallest absolute Gasteiger partial charge is 0.0155 e. The van der Waals surface area contributed by atoms with Gasteiger partial charge < -0.3 is 0 Å². The van der Waals surface area contributed by atoms with Gasteiger partial charge in [-0.15, -0.1) is 0 Å². The normalized spacial score (nSPS) is 20.5. The molecule has 1 aliphatic rings. The van der Waals surface area contributed by atoms with Crippen LogP contribution in [0.4, 0.5) is 0 Å². The molecule has 0 spiro atoms. The molecule has 0 amide bonds. The molecular formula is C13H14. The van der Waals surface area contributed by atoms with E-state index < -0.39 is 0 Å². The summed E-state index contributed by atoms with van der Waals surface area (Å²) in [6.07, 6.45) is 11.2. The van der Waals surface area contributed by atoms with Crippen molar-refractivity contribution in [2.24, 2.45) is 5.92 Å². The largest absolute Gasteiger partial charge is 0.0840 e. The van der Waals surface area contributed by atoms with Crippen LogP contribution in [0.3, 0.4) is 0 Å². The first-order valence-electron chi connectivity index (χ1n) is 4.82. The molecule has 0 saturated carbocycles. The van der Waals surface area contributed by atoms with Crippen LogP contribution in [0.2, 0.25) is 0 Å². The van der Waals surface area contributed by atoms with Crippen molar-refractivity contribution in [2.45, 2.75) is 12.8 Å². The molecule has 13 heavy (non-hydrogen) atoms. The molecule has 0 nitrogen and oxygen atoms in total. The minimum absolute atomic E-state index is 0.701. The van der Waals surface area contributed by atoms with E-state index in [4.69, 9.17) is 0 Å². The zero-order chi connectivity index (χ0) is 8.93. The van der Waals surface area contributed by atoms with Gasteiger partial charge in [0.25, 0.3) is 0 Å². The summed E-state index contributed by atoms with van der Waals surface area (Å²) >= 11 is 0. The minimum Gasteiger partial charge on any atom is -0.0840 e. The van der Waals surface area contributed by atoms with E-state index >= 15 is 0 Å². The van der Waals surface area contributed by atoms with Crippen LogP contribution in [0.5, 0.6) is 0 Å². The highest BCUT2D eigenvalue weighted by molar-refractivity contribution is 5.19. The summed E-state index contributed by atoms with van der Waals surface area (Å²) in [7, 11) is 0. The van der Waals surface area contributed by atoms with Gasteiger partial charge in [0.2, 0.25) is 0 Å². The molecule has 0 aromatic heterocycles. The molecule has 0 radical (unpaired) electrons. The number of hydrogen-bond donors (Lipinski definition) is 0. The molecular weight excluding hydrogens is 156 g/mol. The van der Waals surface area contributed by atoms with E-state index in [0.717, 1.165) is 0 Å².